The van der Waals surface area contributed by atoms with Crippen LogP contribution in [0.3, 0.4) is 0 Å². The van der Waals surface area contributed by atoms with Crippen molar-refractivity contribution in [1.29, 1.82) is 0 Å². The summed E-state index contributed by atoms with van der Waals surface area (Å²) in [6, 6.07) is 13.7. The van der Waals surface area contributed by atoms with E-state index in [4.69, 9.17) is 0 Å². The van der Waals surface area contributed by atoms with E-state index in [-0.39, 0.29) is 5.78 Å². The zero-order valence-electron chi connectivity index (χ0n) is 13.6. The first-order valence-corrected chi connectivity index (χ1v) is 8.75. The number of aromatic amines is 1. The Morgan fingerprint density at radius 1 is 1.24 bits per heavy atom. The van der Waals surface area contributed by atoms with E-state index in [9.17, 15) is 4.79 Å². The molecule has 0 unspecified atom stereocenters. The van der Waals surface area contributed by atoms with Gasteiger partial charge in [0.15, 0.2) is 5.78 Å². The average Bonchev–Trinajstić information content (AvgIpc) is 3.29. The number of hydrogen-bond donors (Lipinski definition) is 2. The minimum absolute atomic E-state index is 0.0871. The van der Waals surface area contributed by atoms with Crippen molar-refractivity contribution in [3.63, 3.8) is 0 Å². The first kappa shape index (κ1) is 15.5. The van der Waals surface area contributed by atoms with E-state index in [1.165, 1.54) is 11.3 Å². The highest BCUT2D eigenvalue weighted by molar-refractivity contribution is 7.17. The van der Waals surface area contributed by atoms with Gasteiger partial charge in [-0.15, -0.1) is 11.3 Å². The molecule has 0 spiro atoms. The van der Waals surface area contributed by atoms with Gasteiger partial charge in [-0.25, -0.2) is 4.98 Å². The summed E-state index contributed by atoms with van der Waals surface area (Å²) < 4.78 is 0. The summed E-state index contributed by atoms with van der Waals surface area (Å²) in [5.74, 6) is 0.859. The number of carbonyl (C=O) groups excluding carboxylic acids is 1. The number of fused-ring (bicyclic) bond motifs is 1. The van der Waals surface area contributed by atoms with Gasteiger partial charge >= 0.3 is 0 Å². The van der Waals surface area contributed by atoms with E-state index in [2.05, 4.69) is 20.3 Å². The fourth-order valence-corrected chi connectivity index (χ4v) is 3.62. The van der Waals surface area contributed by atoms with Crippen molar-refractivity contribution in [1.82, 2.24) is 15.0 Å². The molecule has 5 nitrogen and oxygen atoms in total. The Morgan fingerprint density at radius 2 is 2.16 bits per heavy atom. The summed E-state index contributed by atoms with van der Waals surface area (Å²) in [6.45, 7) is 2.19. The van der Waals surface area contributed by atoms with Crippen LogP contribution < -0.4 is 5.32 Å². The third-order valence-corrected chi connectivity index (χ3v) is 5.14. The van der Waals surface area contributed by atoms with Crippen LogP contribution in [0.1, 0.15) is 22.3 Å². The van der Waals surface area contributed by atoms with Crippen LogP contribution in [0.15, 0.2) is 54.9 Å². The number of hydrogen-bond acceptors (Lipinski definition) is 5. The molecule has 0 amide bonds. The van der Waals surface area contributed by atoms with E-state index in [0.717, 1.165) is 37.9 Å². The van der Waals surface area contributed by atoms with Crippen LogP contribution in [0.2, 0.25) is 0 Å². The zero-order valence-corrected chi connectivity index (χ0v) is 14.4. The third kappa shape index (κ3) is 3.16. The van der Waals surface area contributed by atoms with Crippen molar-refractivity contribution < 1.29 is 4.79 Å². The Bertz CT molecular complexity index is 1040. The molecular weight excluding hydrogens is 332 g/mol. The van der Waals surface area contributed by atoms with Crippen LogP contribution in [0.4, 0.5) is 5.82 Å². The molecule has 0 atom stereocenters. The predicted molar refractivity (Wildman–Crippen MR) is 101 cm³/mol. The van der Waals surface area contributed by atoms with Crippen LogP contribution in [-0.2, 0) is 6.54 Å². The Balaban J connectivity index is 1.70. The SMILES string of the molecule is CC(=O)c1ccc(-c2cc(NCc3ccccn3)nc3[nH]ccc23)s1. The van der Waals surface area contributed by atoms with E-state index in [1.54, 1.807) is 13.1 Å². The number of pyridine rings is 2. The van der Waals surface area contributed by atoms with Crippen LogP contribution in [0.5, 0.6) is 0 Å². The summed E-state index contributed by atoms with van der Waals surface area (Å²) in [6.07, 6.45) is 3.65. The van der Waals surface area contributed by atoms with E-state index in [1.807, 2.05) is 48.7 Å². The van der Waals surface area contributed by atoms with Crippen LogP contribution in [0, 0.1) is 0 Å². The Hall–Kier alpha value is -2.99. The van der Waals surface area contributed by atoms with Gasteiger partial charge in [0, 0.05) is 28.2 Å². The number of aromatic nitrogens is 3. The fraction of sp³-hybridized carbons (Fsp3) is 0.105. The second-order valence-electron chi connectivity index (χ2n) is 5.69. The first-order valence-electron chi connectivity index (χ1n) is 7.94. The molecule has 6 heteroatoms. The Morgan fingerprint density at radius 3 is 2.92 bits per heavy atom. The maximum atomic E-state index is 11.6. The van der Waals surface area contributed by atoms with Crippen LogP contribution >= 0.6 is 11.3 Å². The number of Topliss-reactive ketones (excluding diaryl/α,β-unsaturated/α-hetero) is 1. The number of carbonyl (C=O) groups is 1. The summed E-state index contributed by atoms with van der Waals surface area (Å²) in [7, 11) is 0. The Kier molecular flexibility index (Phi) is 4.03. The van der Waals surface area contributed by atoms with Gasteiger partial charge in [-0.3, -0.25) is 9.78 Å². The molecule has 4 aromatic heterocycles. The number of rotatable bonds is 5. The van der Waals surface area contributed by atoms with Gasteiger partial charge in [-0.1, -0.05) is 6.07 Å². The number of H-pyrrole nitrogens is 1. The van der Waals surface area contributed by atoms with Crippen LogP contribution in [0.25, 0.3) is 21.5 Å². The average molecular weight is 348 g/mol. The molecule has 124 valence electrons. The highest BCUT2D eigenvalue weighted by atomic mass is 32.1. The van der Waals surface area contributed by atoms with E-state index < -0.39 is 0 Å². The largest absolute Gasteiger partial charge is 0.364 e. The topological polar surface area (TPSA) is 70.7 Å². The molecule has 0 aromatic carbocycles. The second-order valence-corrected chi connectivity index (χ2v) is 6.77. The predicted octanol–water partition coefficient (Wildman–Crippen LogP) is 4.50. The number of anilines is 1. The number of thiophene rings is 1. The fourth-order valence-electron chi connectivity index (χ4n) is 2.69. The van der Waals surface area contributed by atoms with Crippen molar-refractivity contribution in [3.05, 3.63) is 65.4 Å². The zero-order chi connectivity index (χ0) is 17.2. The van der Waals surface area contributed by atoms with Gasteiger partial charge in [-0.2, -0.15) is 0 Å². The smallest absolute Gasteiger partial charge is 0.169 e. The first-order chi connectivity index (χ1) is 12.2. The molecule has 0 saturated carbocycles. The monoisotopic (exact) mass is 348 g/mol. The molecule has 0 aliphatic heterocycles. The van der Waals surface area contributed by atoms with Crippen molar-refractivity contribution in [2.45, 2.75) is 13.5 Å². The lowest BCUT2D eigenvalue weighted by molar-refractivity contribution is 0.102. The molecule has 0 fully saturated rings. The quantitative estimate of drug-likeness (QED) is 0.521. The van der Waals surface area contributed by atoms with Gasteiger partial charge in [0.1, 0.15) is 11.5 Å². The molecule has 4 heterocycles. The summed E-state index contributed by atoms with van der Waals surface area (Å²) in [4.78, 5) is 25.5. The van der Waals surface area contributed by atoms with E-state index in [0.29, 0.717) is 6.54 Å². The molecule has 4 rings (SSSR count). The van der Waals surface area contributed by atoms with Gasteiger partial charge in [0.25, 0.3) is 0 Å². The molecule has 4 aromatic rings. The van der Waals surface area contributed by atoms with Gasteiger partial charge in [0.05, 0.1) is 17.1 Å². The maximum absolute atomic E-state index is 11.6. The molecular formula is C19H16N4OS. The summed E-state index contributed by atoms with van der Waals surface area (Å²) in [5, 5.41) is 4.37. The number of nitrogens with one attached hydrogen (secondary N) is 2. The van der Waals surface area contributed by atoms with Crippen molar-refractivity contribution >= 4 is 34.0 Å². The standard InChI is InChI=1S/C19H16N4OS/c1-12(24)16-5-6-17(25-16)15-10-18(23-19-14(15)7-9-21-19)22-11-13-4-2-3-8-20-13/h2-10H,11H2,1H3,(H2,21,22,23). The highest BCUT2D eigenvalue weighted by Crippen LogP contribution is 2.34. The lowest BCUT2D eigenvalue weighted by Crippen LogP contribution is -2.03. The lowest BCUT2D eigenvalue weighted by atomic mass is 10.1. The highest BCUT2D eigenvalue weighted by Gasteiger charge is 2.12. The molecule has 0 bridgehead atoms. The molecule has 25 heavy (non-hydrogen) atoms. The third-order valence-electron chi connectivity index (χ3n) is 3.92. The van der Waals surface area contributed by atoms with Crippen molar-refractivity contribution in [2.24, 2.45) is 0 Å². The summed E-state index contributed by atoms with van der Waals surface area (Å²) in [5.41, 5.74) is 2.83. The molecule has 0 aliphatic rings. The van der Waals surface area contributed by atoms with Crippen molar-refractivity contribution in [2.75, 3.05) is 5.32 Å². The number of ketones is 1. The molecule has 0 saturated heterocycles. The van der Waals surface area contributed by atoms with Gasteiger partial charge in [-0.05, 0) is 43.3 Å². The van der Waals surface area contributed by atoms with E-state index >= 15 is 0 Å². The van der Waals surface area contributed by atoms with Gasteiger partial charge in [0.2, 0.25) is 0 Å². The lowest BCUT2D eigenvalue weighted by Gasteiger charge is -2.08. The van der Waals surface area contributed by atoms with Crippen molar-refractivity contribution in [3.8, 4) is 10.4 Å². The minimum atomic E-state index is 0.0871. The molecule has 0 radical (unpaired) electrons. The molecule has 2 N–H and O–H groups in total. The molecule has 0 aliphatic carbocycles. The number of nitrogens with zero attached hydrogens (tertiary/aromatic N) is 2. The maximum Gasteiger partial charge on any atom is 0.169 e. The van der Waals surface area contributed by atoms with Crippen LogP contribution in [-0.4, -0.2) is 20.7 Å². The second kappa shape index (κ2) is 6.49. The summed E-state index contributed by atoms with van der Waals surface area (Å²) >= 11 is 1.50. The Labute approximate surface area is 148 Å². The van der Waals surface area contributed by atoms with Gasteiger partial charge < -0.3 is 10.3 Å². The minimum Gasteiger partial charge on any atom is -0.364 e. The normalized spacial score (nSPS) is 10.9.